The summed E-state index contributed by atoms with van der Waals surface area (Å²) in [5.74, 6) is 1.36. The summed E-state index contributed by atoms with van der Waals surface area (Å²) in [4.78, 5) is 27.0. The molecular formula is C28H41N5O2S. The molecule has 0 spiro atoms. The minimum atomic E-state index is -0.476. The average molecular weight is 512 g/mol. The molecule has 1 saturated carbocycles. The summed E-state index contributed by atoms with van der Waals surface area (Å²) < 4.78 is 5.50. The Hall–Kier alpha value is -2.74. The normalized spacial score (nSPS) is 17.4. The summed E-state index contributed by atoms with van der Waals surface area (Å²) in [5.41, 5.74) is 9.08. The zero-order chi connectivity index (χ0) is 26.1. The predicted octanol–water partition coefficient (Wildman–Crippen LogP) is 6.24. The van der Waals surface area contributed by atoms with Gasteiger partial charge in [-0.15, -0.1) is 11.8 Å². The maximum absolute atomic E-state index is 12.3. The number of hydrogen-bond acceptors (Lipinski definition) is 6. The van der Waals surface area contributed by atoms with Crippen molar-refractivity contribution in [3.63, 3.8) is 0 Å². The SMILES string of the molecule is CC.CC(C)(C)OC(=O)N1CCC(S/C(N)=C/C(=NCc2ccccc2)c2ncc(C3CC3)[nH]2)CC1. The number of imidazole rings is 1. The highest BCUT2D eigenvalue weighted by atomic mass is 32.2. The monoisotopic (exact) mass is 511 g/mol. The number of hydrogen-bond donors (Lipinski definition) is 2. The Kier molecular flexibility index (Phi) is 10.0. The zero-order valence-electron chi connectivity index (χ0n) is 22.3. The second-order valence-electron chi connectivity index (χ2n) is 9.98. The third kappa shape index (κ3) is 8.73. The molecular weight excluding hydrogens is 470 g/mol. The number of amides is 1. The molecule has 196 valence electrons. The molecule has 1 aliphatic heterocycles. The van der Waals surface area contributed by atoms with E-state index in [4.69, 9.17) is 15.5 Å². The van der Waals surface area contributed by atoms with Crippen LogP contribution in [0.5, 0.6) is 0 Å². The molecule has 0 unspecified atom stereocenters. The number of allylic oxidation sites excluding steroid dienone is 1. The minimum Gasteiger partial charge on any atom is -0.444 e. The lowest BCUT2D eigenvalue weighted by Gasteiger charge is -2.33. The number of aromatic amines is 1. The number of carbonyl (C=O) groups excluding carboxylic acids is 1. The van der Waals surface area contributed by atoms with Crippen molar-refractivity contribution in [2.24, 2.45) is 10.7 Å². The number of benzene rings is 1. The van der Waals surface area contributed by atoms with Gasteiger partial charge in [-0.1, -0.05) is 44.2 Å². The van der Waals surface area contributed by atoms with Crippen LogP contribution in [0.4, 0.5) is 4.79 Å². The zero-order valence-corrected chi connectivity index (χ0v) is 23.1. The number of nitrogens with one attached hydrogen (secondary N) is 1. The van der Waals surface area contributed by atoms with Crippen LogP contribution in [0.1, 0.15) is 83.3 Å². The quantitative estimate of drug-likeness (QED) is 0.429. The molecule has 3 N–H and O–H groups in total. The fourth-order valence-electron chi connectivity index (χ4n) is 3.86. The Balaban J connectivity index is 0.00000176. The van der Waals surface area contributed by atoms with E-state index in [9.17, 15) is 4.79 Å². The van der Waals surface area contributed by atoms with Gasteiger partial charge in [0.2, 0.25) is 0 Å². The second-order valence-corrected chi connectivity index (χ2v) is 11.4. The van der Waals surface area contributed by atoms with Gasteiger partial charge in [-0.2, -0.15) is 0 Å². The van der Waals surface area contributed by atoms with Gasteiger partial charge in [-0.05, 0) is 58.1 Å². The van der Waals surface area contributed by atoms with Crippen molar-refractivity contribution in [3.8, 4) is 0 Å². The highest BCUT2D eigenvalue weighted by molar-refractivity contribution is 8.03. The van der Waals surface area contributed by atoms with E-state index in [1.807, 2.05) is 65.1 Å². The maximum Gasteiger partial charge on any atom is 0.410 e. The van der Waals surface area contributed by atoms with Gasteiger partial charge < -0.3 is 20.4 Å². The largest absolute Gasteiger partial charge is 0.444 e. The molecule has 2 aliphatic rings. The number of rotatable bonds is 7. The molecule has 4 rings (SSSR count). The summed E-state index contributed by atoms with van der Waals surface area (Å²) in [6.45, 7) is 11.6. The van der Waals surface area contributed by atoms with Crippen LogP contribution in [0.2, 0.25) is 0 Å². The Labute approximate surface area is 220 Å². The van der Waals surface area contributed by atoms with Crippen LogP contribution < -0.4 is 5.73 Å². The van der Waals surface area contributed by atoms with E-state index in [-0.39, 0.29) is 6.09 Å². The number of nitrogens with zero attached hydrogens (tertiary/aromatic N) is 3. The van der Waals surface area contributed by atoms with Gasteiger partial charge >= 0.3 is 6.09 Å². The summed E-state index contributed by atoms with van der Waals surface area (Å²) in [6, 6.07) is 10.2. The summed E-state index contributed by atoms with van der Waals surface area (Å²) in [6.07, 6.45) is 7.81. The number of piperidine rings is 1. The van der Waals surface area contributed by atoms with E-state index in [2.05, 4.69) is 22.1 Å². The standard InChI is InChI=1S/C26H35N5O2S.C2H6/c1-26(2,3)33-25(32)31-13-11-20(12-14-31)34-23(27)15-21(28-16-18-7-5-4-6-8-18)24-29-17-22(30-24)19-9-10-19;1-2/h4-8,15,17,19-20H,9-14,16,27H2,1-3H3,(H,29,30);1-2H3/b23-15+,28-21?;. The molecule has 0 radical (unpaired) electrons. The van der Waals surface area contributed by atoms with E-state index >= 15 is 0 Å². The van der Waals surface area contributed by atoms with Crippen LogP contribution in [0.3, 0.4) is 0 Å². The number of H-pyrrole nitrogens is 1. The number of likely N-dealkylation sites (tertiary alicyclic amines) is 1. The molecule has 1 amide bonds. The first-order chi connectivity index (χ1) is 17.3. The van der Waals surface area contributed by atoms with E-state index in [0.717, 1.165) is 29.9 Å². The van der Waals surface area contributed by atoms with Gasteiger partial charge in [0.15, 0.2) is 5.82 Å². The number of nitrogens with two attached hydrogens (primary N) is 1. The van der Waals surface area contributed by atoms with Crippen molar-refractivity contribution >= 4 is 23.6 Å². The van der Waals surface area contributed by atoms with Crippen LogP contribution in [0.25, 0.3) is 0 Å². The smallest absolute Gasteiger partial charge is 0.410 e. The molecule has 7 nitrogen and oxygen atoms in total. The van der Waals surface area contributed by atoms with Gasteiger partial charge in [-0.25, -0.2) is 9.78 Å². The van der Waals surface area contributed by atoms with Gasteiger partial charge in [-0.3, -0.25) is 4.99 Å². The van der Waals surface area contributed by atoms with Crippen molar-refractivity contribution in [1.29, 1.82) is 0 Å². The fraction of sp³-hybridized carbons (Fsp3) is 0.536. The second kappa shape index (κ2) is 13.0. The molecule has 8 heteroatoms. The molecule has 1 aliphatic carbocycles. The van der Waals surface area contributed by atoms with Crippen LogP contribution in [0, 0.1) is 0 Å². The lowest BCUT2D eigenvalue weighted by Crippen LogP contribution is -2.42. The highest BCUT2D eigenvalue weighted by Gasteiger charge is 2.28. The number of thioether (sulfide) groups is 1. The number of ether oxygens (including phenoxy) is 1. The molecule has 2 fully saturated rings. The van der Waals surface area contributed by atoms with Crippen molar-refractivity contribution in [2.75, 3.05) is 13.1 Å². The molecule has 0 atom stereocenters. The van der Waals surface area contributed by atoms with Crippen molar-refractivity contribution in [1.82, 2.24) is 14.9 Å². The number of aliphatic imine (C=N–C) groups is 1. The summed E-state index contributed by atoms with van der Waals surface area (Å²) in [5, 5.41) is 1.07. The average Bonchev–Trinajstić information content (AvgIpc) is 3.59. The molecule has 0 bridgehead atoms. The maximum atomic E-state index is 12.3. The lowest BCUT2D eigenvalue weighted by molar-refractivity contribution is 0.0219. The molecule has 2 heterocycles. The molecule has 1 aromatic carbocycles. The predicted molar refractivity (Wildman–Crippen MR) is 149 cm³/mol. The minimum absolute atomic E-state index is 0.237. The van der Waals surface area contributed by atoms with Crippen LogP contribution >= 0.6 is 11.8 Å². The van der Waals surface area contributed by atoms with Gasteiger partial charge in [0.25, 0.3) is 0 Å². The van der Waals surface area contributed by atoms with Crippen LogP contribution in [-0.4, -0.2) is 50.6 Å². The first-order valence-electron chi connectivity index (χ1n) is 13.0. The Morgan fingerprint density at radius 2 is 1.86 bits per heavy atom. The first-order valence-corrected chi connectivity index (χ1v) is 13.9. The van der Waals surface area contributed by atoms with Crippen LogP contribution in [-0.2, 0) is 11.3 Å². The number of aromatic nitrogens is 2. The van der Waals surface area contributed by atoms with Crippen LogP contribution in [0.15, 0.2) is 52.6 Å². The third-order valence-electron chi connectivity index (χ3n) is 5.81. The third-order valence-corrected chi connectivity index (χ3v) is 7.00. The van der Waals surface area contributed by atoms with E-state index in [0.29, 0.717) is 35.8 Å². The Morgan fingerprint density at radius 3 is 2.47 bits per heavy atom. The molecule has 36 heavy (non-hydrogen) atoms. The van der Waals surface area contributed by atoms with Gasteiger partial charge in [0.1, 0.15) is 11.3 Å². The Morgan fingerprint density at radius 1 is 1.19 bits per heavy atom. The lowest BCUT2D eigenvalue weighted by atomic mass is 10.1. The van der Waals surface area contributed by atoms with E-state index in [1.54, 1.807) is 16.7 Å². The van der Waals surface area contributed by atoms with Crippen molar-refractivity contribution < 1.29 is 9.53 Å². The van der Waals surface area contributed by atoms with Gasteiger partial charge in [0, 0.05) is 36.1 Å². The van der Waals surface area contributed by atoms with Crippen molar-refractivity contribution in [3.05, 3.63) is 64.7 Å². The fourth-order valence-corrected chi connectivity index (χ4v) is 4.87. The first kappa shape index (κ1) is 27.8. The summed E-state index contributed by atoms with van der Waals surface area (Å²) in [7, 11) is 0. The van der Waals surface area contributed by atoms with E-state index < -0.39 is 5.60 Å². The molecule has 1 aromatic heterocycles. The Bertz CT molecular complexity index is 1030. The topological polar surface area (TPSA) is 96.6 Å². The summed E-state index contributed by atoms with van der Waals surface area (Å²) >= 11 is 1.66. The number of carbonyl (C=O) groups is 1. The van der Waals surface area contributed by atoms with Crippen molar-refractivity contribution in [2.45, 2.75) is 83.6 Å². The van der Waals surface area contributed by atoms with Gasteiger partial charge in [0.05, 0.1) is 11.6 Å². The van der Waals surface area contributed by atoms with E-state index in [1.165, 1.54) is 18.5 Å². The molecule has 1 saturated heterocycles. The molecule has 2 aromatic rings. The highest BCUT2D eigenvalue weighted by Crippen LogP contribution is 2.39.